The summed E-state index contributed by atoms with van der Waals surface area (Å²) in [6.45, 7) is 39.2. The minimum absolute atomic E-state index is 0.0132. The van der Waals surface area contributed by atoms with Gasteiger partial charge < -0.3 is 18.6 Å². The van der Waals surface area contributed by atoms with Crippen LogP contribution in [0.5, 0.6) is 0 Å². The maximum absolute atomic E-state index is 7.34. The van der Waals surface area contributed by atoms with Crippen molar-refractivity contribution >= 4 is 78.0 Å². The van der Waals surface area contributed by atoms with Crippen LogP contribution in [0.4, 0.5) is 34.1 Å². The van der Waals surface area contributed by atoms with Crippen molar-refractivity contribution in [2.45, 2.75) is 143 Å². The molecule has 0 unspecified atom stereocenters. The number of furan rings is 2. The van der Waals surface area contributed by atoms with Crippen LogP contribution >= 0.6 is 0 Å². The quantitative estimate of drug-likeness (QED) is 0.166. The smallest absolute Gasteiger partial charge is 0.145 e. The zero-order valence-corrected chi connectivity index (χ0v) is 50.9. The Morgan fingerprint density at radius 1 is 0.305 bits per heavy atom. The molecule has 4 nitrogen and oxygen atoms in total. The Morgan fingerprint density at radius 2 is 0.646 bits per heavy atom. The van der Waals surface area contributed by atoms with Crippen LogP contribution in [0, 0.1) is 10.8 Å². The van der Waals surface area contributed by atoms with Crippen molar-refractivity contribution in [3.8, 4) is 22.3 Å². The molecule has 0 aliphatic heterocycles. The Bertz CT molecular complexity index is 4280. The van der Waals surface area contributed by atoms with Crippen LogP contribution in [0.1, 0.15) is 155 Å². The highest BCUT2D eigenvalue weighted by molar-refractivity contribution is 6.21. The van der Waals surface area contributed by atoms with E-state index < -0.39 is 10.8 Å². The monoisotopic (exact) mass is 1070 g/mol. The van der Waals surface area contributed by atoms with E-state index in [9.17, 15) is 0 Å². The summed E-state index contributed by atoms with van der Waals surface area (Å²) in [5, 5.41) is 4.48. The molecule has 2 aromatic heterocycles. The van der Waals surface area contributed by atoms with Crippen LogP contribution in [-0.2, 0) is 32.5 Å². The van der Waals surface area contributed by atoms with Crippen molar-refractivity contribution in [3.63, 3.8) is 0 Å². The second-order valence-electron chi connectivity index (χ2n) is 29.0. The van der Waals surface area contributed by atoms with Crippen molar-refractivity contribution in [1.29, 1.82) is 0 Å². The lowest BCUT2D eigenvalue weighted by molar-refractivity contribution is 0.125. The first-order valence-corrected chi connectivity index (χ1v) is 29.9. The third kappa shape index (κ3) is 6.08. The number of nitrogens with zero attached hydrogens (tertiary/aromatic N) is 2. The van der Waals surface area contributed by atoms with E-state index >= 15 is 0 Å². The van der Waals surface area contributed by atoms with Crippen molar-refractivity contribution in [2.24, 2.45) is 10.8 Å². The Balaban J connectivity index is 0.973. The topological polar surface area (TPSA) is 32.8 Å². The second-order valence-corrected chi connectivity index (χ2v) is 29.0. The SMILES string of the molecule is CC1(C)c2cc(N(c3ccccc3)c3ccc4c(c3)C(C)(C)C(C)(C)C4(C)C)c3c(oc4ccccc43)c2-c2ccc3c(c21)C(C)(C)c1cc(N(c2ccccc2)c2ccc4c(c2)C(C)(C)C(C)(C)C4(C)C)c2c(oc4ccccc42)c1-3. The van der Waals surface area contributed by atoms with Crippen LogP contribution in [0.25, 0.3) is 66.1 Å². The first-order valence-electron chi connectivity index (χ1n) is 29.9. The normalized spacial score (nSPS) is 19.0. The Kier molecular flexibility index (Phi) is 9.99. The molecule has 4 aliphatic rings. The van der Waals surface area contributed by atoms with E-state index in [0.29, 0.717) is 0 Å². The lowest BCUT2D eigenvalue weighted by atomic mass is 9.59. The Hall–Kier alpha value is -7.82. The first kappa shape index (κ1) is 51.1. The highest BCUT2D eigenvalue weighted by atomic mass is 16.3. The van der Waals surface area contributed by atoms with Gasteiger partial charge in [0.15, 0.2) is 0 Å². The molecule has 0 spiro atoms. The molecule has 0 atom stereocenters. The maximum Gasteiger partial charge on any atom is 0.145 e. The summed E-state index contributed by atoms with van der Waals surface area (Å²) in [4.78, 5) is 5.04. The molecule has 0 amide bonds. The molecule has 82 heavy (non-hydrogen) atoms. The van der Waals surface area contributed by atoms with Crippen LogP contribution in [0.15, 0.2) is 179 Å². The summed E-state index contributed by atoms with van der Waals surface area (Å²) in [7, 11) is 0. The molecule has 2 heterocycles. The molecular formula is C78H76N2O2. The fraction of sp³-hybridized carbons (Fsp3) is 0.308. The molecule has 15 rings (SSSR count). The highest BCUT2D eigenvalue weighted by Crippen LogP contribution is 2.67. The van der Waals surface area contributed by atoms with Crippen molar-refractivity contribution in [2.75, 3.05) is 9.80 Å². The van der Waals surface area contributed by atoms with Crippen LogP contribution < -0.4 is 9.80 Å². The number of para-hydroxylation sites is 4. The van der Waals surface area contributed by atoms with Gasteiger partial charge in [-0.15, -0.1) is 0 Å². The lowest BCUT2D eigenvalue weighted by Gasteiger charge is -2.44. The number of anilines is 6. The van der Waals surface area contributed by atoms with Crippen molar-refractivity contribution in [3.05, 3.63) is 214 Å². The van der Waals surface area contributed by atoms with Gasteiger partial charge in [-0.2, -0.15) is 0 Å². The minimum Gasteiger partial charge on any atom is -0.455 e. The van der Waals surface area contributed by atoms with Gasteiger partial charge in [0.25, 0.3) is 0 Å². The summed E-state index contributed by atoms with van der Waals surface area (Å²) >= 11 is 0. The van der Waals surface area contributed by atoms with E-state index in [-0.39, 0.29) is 32.5 Å². The average molecular weight is 1070 g/mol. The van der Waals surface area contributed by atoms with E-state index in [1.165, 1.54) is 66.8 Å². The molecule has 0 bridgehead atoms. The van der Waals surface area contributed by atoms with Gasteiger partial charge in [-0.1, -0.05) is 208 Å². The van der Waals surface area contributed by atoms with Gasteiger partial charge in [0.05, 0.1) is 22.1 Å². The molecule has 0 fully saturated rings. The molecule has 4 aliphatic carbocycles. The average Bonchev–Trinajstić information content (AvgIpc) is 1.83. The fourth-order valence-corrected chi connectivity index (χ4v) is 16.6. The third-order valence-electron chi connectivity index (χ3n) is 23.6. The predicted octanol–water partition coefficient (Wildman–Crippen LogP) is 22.2. The Morgan fingerprint density at radius 3 is 1.02 bits per heavy atom. The van der Waals surface area contributed by atoms with E-state index in [4.69, 9.17) is 8.83 Å². The summed E-state index contributed by atoms with van der Waals surface area (Å²) in [5.41, 5.74) is 25.2. The Labute approximate surface area is 484 Å². The molecule has 0 radical (unpaired) electrons. The molecule has 0 saturated heterocycles. The van der Waals surface area contributed by atoms with E-state index in [2.05, 4.69) is 290 Å². The molecule has 0 saturated carbocycles. The van der Waals surface area contributed by atoms with Gasteiger partial charge in [-0.05, 0) is 161 Å². The van der Waals surface area contributed by atoms with Crippen molar-refractivity contribution in [1.82, 2.24) is 0 Å². The van der Waals surface area contributed by atoms with Gasteiger partial charge in [0.2, 0.25) is 0 Å². The zero-order valence-electron chi connectivity index (χ0n) is 50.9. The van der Waals surface area contributed by atoms with E-state index in [1.54, 1.807) is 0 Å². The lowest BCUT2D eigenvalue weighted by Crippen LogP contribution is -2.42. The maximum atomic E-state index is 7.34. The summed E-state index contributed by atoms with van der Waals surface area (Å²) in [5.74, 6) is 0. The van der Waals surface area contributed by atoms with Crippen LogP contribution in [0.3, 0.4) is 0 Å². The largest absolute Gasteiger partial charge is 0.455 e. The van der Waals surface area contributed by atoms with Crippen molar-refractivity contribution < 1.29 is 8.83 Å². The fourth-order valence-electron chi connectivity index (χ4n) is 16.6. The number of hydrogen-bond acceptors (Lipinski definition) is 4. The van der Waals surface area contributed by atoms with Gasteiger partial charge >= 0.3 is 0 Å². The number of benzene rings is 9. The minimum atomic E-state index is -0.446. The molecule has 410 valence electrons. The van der Waals surface area contributed by atoms with Gasteiger partial charge in [0, 0.05) is 55.5 Å². The molecule has 11 aromatic rings. The molecule has 9 aromatic carbocycles. The predicted molar refractivity (Wildman–Crippen MR) is 345 cm³/mol. The zero-order chi connectivity index (χ0) is 57.4. The molecular weight excluding hydrogens is 997 g/mol. The van der Waals surface area contributed by atoms with E-state index in [0.717, 1.165) is 78.0 Å². The third-order valence-corrected chi connectivity index (χ3v) is 23.6. The highest BCUT2D eigenvalue weighted by Gasteiger charge is 2.58. The number of fused-ring (bicyclic) bond motifs is 17. The summed E-state index contributed by atoms with van der Waals surface area (Å²) < 4.78 is 14.7. The van der Waals surface area contributed by atoms with Crippen LogP contribution in [0.2, 0.25) is 0 Å². The first-order chi connectivity index (χ1) is 38.8. The molecule has 4 heteroatoms. The summed E-state index contributed by atoms with van der Waals surface area (Å²) in [6, 6.07) is 63.8. The van der Waals surface area contributed by atoms with Gasteiger partial charge in [0.1, 0.15) is 22.3 Å². The number of hydrogen-bond donors (Lipinski definition) is 0. The van der Waals surface area contributed by atoms with E-state index in [1.807, 2.05) is 0 Å². The summed E-state index contributed by atoms with van der Waals surface area (Å²) in [6.07, 6.45) is 0. The molecule has 0 N–H and O–H groups in total. The standard InChI is InChI=1S/C78H76N2O2/c1-71(2)57-43-59(79(45-27-19-17-20-28-45)47-35-39-53-55(41-47)75(9,10)77(13,14)73(53,5)6)65-49-31-23-25-33-61(49)81-69(65)63(57)51-37-38-52-64-58(72(3,4)68(52)67(51)71)44-60(66-50-32-24-26-34-62(50)82-70(64)66)80(46-29-21-18-22-30-46)48-36-40-54-56(42-48)76(11,12)78(15,16)74(54,7)8/h17-44H,1-16H3. The second kappa shape index (κ2) is 16.0. The van der Waals surface area contributed by atoms with Crippen LogP contribution in [-0.4, -0.2) is 0 Å². The van der Waals surface area contributed by atoms with Gasteiger partial charge in [-0.3, -0.25) is 0 Å². The van der Waals surface area contributed by atoms with Gasteiger partial charge in [-0.25, -0.2) is 0 Å². The number of rotatable bonds is 6.